The molecule has 0 bridgehead atoms. The lowest BCUT2D eigenvalue weighted by Gasteiger charge is -2.27. The topological polar surface area (TPSA) is 61.8 Å². The van der Waals surface area contributed by atoms with Gasteiger partial charge in [-0.25, -0.2) is 4.79 Å². The van der Waals surface area contributed by atoms with Crippen LogP contribution < -0.4 is 10.1 Å². The second-order valence-electron chi connectivity index (χ2n) is 6.42. The third-order valence-corrected chi connectivity index (χ3v) is 4.25. The predicted octanol–water partition coefficient (Wildman–Crippen LogP) is 2.42. The molecular formula is C22H26N2O3. The number of aliphatic carboxylic acids is 1. The minimum Gasteiger partial charge on any atom is -0.482 e. The number of carboxylic acid groups (broad SMARTS) is 1. The van der Waals surface area contributed by atoms with Gasteiger partial charge in [0.05, 0.1) is 6.54 Å². The lowest BCUT2D eigenvalue weighted by atomic mass is 10.0. The van der Waals surface area contributed by atoms with E-state index >= 15 is 0 Å². The van der Waals surface area contributed by atoms with Crippen LogP contribution in [0.15, 0.2) is 54.6 Å². The summed E-state index contributed by atoms with van der Waals surface area (Å²) in [6.45, 7) is 1.80. The smallest absolute Gasteiger partial charge is 0.341 e. The fourth-order valence-corrected chi connectivity index (χ4v) is 2.82. The number of nitrogens with one attached hydrogen (secondary N) is 1. The molecule has 2 rings (SSSR count). The number of rotatable bonds is 11. The Hall–Kier alpha value is -2.81. The first-order valence-electron chi connectivity index (χ1n) is 8.90. The monoisotopic (exact) mass is 366 g/mol. The second-order valence-corrected chi connectivity index (χ2v) is 6.42. The average Bonchev–Trinajstić information content (AvgIpc) is 2.67. The average molecular weight is 366 g/mol. The van der Waals surface area contributed by atoms with Gasteiger partial charge in [0.1, 0.15) is 5.75 Å². The Labute approximate surface area is 161 Å². The van der Waals surface area contributed by atoms with Crippen molar-refractivity contribution < 1.29 is 14.6 Å². The first-order valence-corrected chi connectivity index (χ1v) is 8.90. The van der Waals surface area contributed by atoms with Gasteiger partial charge in [0, 0.05) is 19.1 Å². The molecule has 0 aliphatic heterocycles. The van der Waals surface area contributed by atoms with Crippen molar-refractivity contribution in [3.05, 3.63) is 65.7 Å². The van der Waals surface area contributed by atoms with Crippen molar-refractivity contribution in [3.8, 4) is 18.1 Å². The van der Waals surface area contributed by atoms with E-state index in [-0.39, 0.29) is 12.6 Å². The van der Waals surface area contributed by atoms with Gasteiger partial charge >= 0.3 is 5.97 Å². The number of carbonyl (C=O) groups is 1. The normalized spacial score (nSPS) is 11.7. The molecule has 5 heteroatoms. The molecule has 0 spiro atoms. The highest BCUT2D eigenvalue weighted by Gasteiger charge is 2.15. The Morgan fingerprint density at radius 3 is 2.67 bits per heavy atom. The summed E-state index contributed by atoms with van der Waals surface area (Å²) >= 11 is 0. The first-order chi connectivity index (χ1) is 13.1. The van der Waals surface area contributed by atoms with E-state index in [9.17, 15) is 4.79 Å². The molecule has 2 aromatic rings. The van der Waals surface area contributed by atoms with E-state index in [1.165, 1.54) is 5.56 Å². The molecule has 27 heavy (non-hydrogen) atoms. The van der Waals surface area contributed by atoms with Gasteiger partial charge in [-0.1, -0.05) is 48.4 Å². The number of nitrogens with zero attached hydrogens (tertiary/aromatic N) is 1. The van der Waals surface area contributed by atoms with Crippen LogP contribution >= 0.6 is 0 Å². The first kappa shape index (κ1) is 20.5. The molecule has 0 aliphatic carbocycles. The summed E-state index contributed by atoms with van der Waals surface area (Å²) in [6.07, 6.45) is 6.27. The molecule has 5 nitrogen and oxygen atoms in total. The van der Waals surface area contributed by atoms with E-state index in [1.807, 2.05) is 43.4 Å². The van der Waals surface area contributed by atoms with Crippen LogP contribution in [0.25, 0.3) is 0 Å². The fourth-order valence-electron chi connectivity index (χ4n) is 2.82. The van der Waals surface area contributed by atoms with Gasteiger partial charge in [-0.3, -0.25) is 4.90 Å². The summed E-state index contributed by atoms with van der Waals surface area (Å²) in [7, 11) is 2.01. The minimum atomic E-state index is -0.989. The van der Waals surface area contributed by atoms with Crippen LogP contribution in [0, 0.1) is 12.3 Å². The fraction of sp³-hybridized carbons (Fsp3) is 0.318. The van der Waals surface area contributed by atoms with Crippen molar-refractivity contribution in [3.63, 3.8) is 0 Å². The molecule has 0 saturated heterocycles. The molecule has 2 N–H and O–H groups in total. The number of benzene rings is 2. The molecule has 0 saturated carbocycles. The Balaban J connectivity index is 1.98. The number of hydrogen-bond donors (Lipinski definition) is 2. The van der Waals surface area contributed by atoms with E-state index in [4.69, 9.17) is 16.3 Å². The standard InChI is InChI=1S/C22H26N2O3/c1-3-12-24(2)20(16-23-15-18-8-5-4-6-9-18)13-19-10-7-11-21(14-19)27-17-22(25)26/h1,4-11,14,20,23H,12-13,15-17H2,2H3,(H,25,26)/t20-/m0/s1. The van der Waals surface area contributed by atoms with E-state index in [2.05, 4.69) is 28.3 Å². The Kier molecular flexibility index (Phi) is 8.37. The van der Waals surface area contributed by atoms with Crippen molar-refractivity contribution in [1.82, 2.24) is 10.2 Å². The highest BCUT2D eigenvalue weighted by atomic mass is 16.5. The maximum Gasteiger partial charge on any atom is 0.341 e. The van der Waals surface area contributed by atoms with Crippen LogP contribution in [-0.2, 0) is 17.8 Å². The lowest BCUT2D eigenvalue weighted by Crippen LogP contribution is -2.41. The zero-order valence-corrected chi connectivity index (χ0v) is 15.6. The summed E-state index contributed by atoms with van der Waals surface area (Å²) in [6, 6.07) is 18.0. The molecule has 0 amide bonds. The molecule has 0 unspecified atom stereocenters. The van der Waals surface area contributed by atoms with Crippen molar-refractivity contribution in [2.24, 2.45) is 0 Å². The highest BCUT2D eigenvalue weighted by molar-refractivity contribution is 5.68. The highest BCUT2D eigenvalue weighted by Crippen LogP contribution is 2.16. The second kappa shape index (κ2) is 11.0. The molecule has 2 aromatic carbocycles. The van der Waals surface area contributed by atoms with Gasteiger partial charge in [0.2, 0.25) is 0 Å². The number of terminal acetylenes is 1. The van der Waals surface area contributed by atoms with Crippen LogP contribution in [0.1, 0.15) is 11.1 Å². The predicted molar refractivity (Wildman–Crippen MR) is 107 cm³/mol. The lowest BCUT2D eigenvalue weighted by molar-refractivity contribution is -0.139. The molecule has 142 valence electrons. The van der Waals surface area contributed by atoms with Crippen molar-refractivity contribution in [1.29, 1.82) is 0 Å². The van der Waals surface area contributed by atoms with Crippen LogP contribution in [0.4, 0.5) is 0 Å². The van der Waals surface area contributed by atoms with Gasteiger partial charge in [0.15, 0.2) is 6.61 Å². The SMILES string of the molecule is C#CCN(C)[C@H](CNCc1ccccc1)Cc1cccc(OCC(=O)O)c1. The zero-order valence-electron chi connectivity index (χ0n) is 15.6. The summed E-state index contributed by atoms with van der Waals surface area (Å²) in [5.41, 5.74) is 2.31. The van der Waals surface area contributed by atoms with Crippen LogP contribution in [-0.4, -0.2) is 48.8 Å². The minimum absolute atomic E-state index is 0.208. The van der Waals surface area contributed by atoms with E-state index < -0.39 is 5.97 Å². The van der Waals surface area contributed by atoms with Gasteiger partial charge in [0.25, 0.3) is 0 Å². The molecule has 0 fully saturated rings. The Morgan fingerprint density at radius 1 is 1.22 bits per heavy atom. The zero-order chi connectivity index (χ0) is 19.5. The van der Waals surface area contributed by atoms with E-state index in [1.54, 1.807) is 6.07 Å². The van der Waals surface area contributed by atoms with Crippen LogP contribution in [0.3, 0.4) is 0 Å². The molecule has 0 aromatic heterocycles. The summed E-state index contributed by atoms with van der Waals surface area (Å²) in [4.78, 5) is 12.8. The van der Waals surface area contributed by atoms with Crippen LogP contribution in [0.2, 0.25) is 0 Å². The largest absolute Gasteiger partial charge is 0.482 e. The quantitative estimate of drug-likeness (QED) is 0.598. The number of carboxylic acids is 1. The van der Waals surface area contributed by atoms with Gasteiger partial charge in [-0.2, -0.15) is 0 Å². The van der Waals surface area contributed by atoms with Gasteiger partial charge in [-0.05, 0) is 36.7 Å². The molecule has 0 heterocycles. The third kappa shape index (κ3) is 7.53. The van der Waals surface area contributed by atoms with Gasteiger partial charge < -0.3 is 15.2 Å². The molecule has 0 aliphatic rings. The third-order valence-electron chi connectivity index (χ3n) is 4.25. The van der Waals surface area contributed by atoms with Crippen molar-refractivity contribution in [2.75, 3.05) is 26.7 Å². The summed E-state index contributed by atoms with van der Waals surface area (Å²) in [5, 5.41) is 12.3. The van der Waals surface area contributed by atoms with E-state index in [0.29, 0.717) is 12.3 Å². The maximum absolute atomic E-state index is 10.7. The number of hydrogen-bond acceptors (Lipinski definition) is 4. The van der Waals surface area contributed by atoms with Gasteiger partial charge in [-0.15, -0.1) is 6.42 Å². The van der Waals surface area contributed by atoms with Crippen molar-refractivity contribution in [2.45, 2.75) is 19.0 Å². The van der Waals surface area contributed by atoms with E-state index in [0.717, 1.165) is 25.1 Å². The summed E-state index contributed by atoms with van der Waals surface area (Å²) < 4.78 is 5.28. The number of likely N-dealkylation sites (N-methyl/N-ethyl adjacent to an activating group) is 1. The molecular weight excluding hydrogens is 340 g/mol. The van der Waals surface area contributed by atoms with Crippen molar-refractivity contribution >= 4 is 5.97 Å². The molecule has 0 radical (unpaired) electrons. The van der Waals surface area contributed by atoms with Crippen LogP contribution in [0.5, 0.6) is 5.75 Å². The Morgan fingerprint density at radius 2 is 1.96 bits per heavy atom. The Bertz CT molecular complexity index is 756. The molecule has 1 atom stereocenters. The maximum atomic E-state index is 10.7. The summed E-state index contributed by atoms with van der Waals surface area (Å²) in [5.74, 6) is 2.27. The number of ether oxygens (including phenoxy) is 1.